The SMILES string of the molecule is COc1cc([C@H]2OC[C@H]3[C@@H]2CO[C@@H]3c2ccc(OC)c(O[C@@H]3O[C@H](CO)[C@@H](O)[C@H](O)[C@H]3O)c2OC)cc(OC)c1O[C@@H]1O[C@H](CO)[C@@H](O)[C@H](O)[C@H]1O. The Morgan fingerprint density at radius 3 is 1.52 bits per heavy atom. The Labute approximate surface area is 298 Å². The molecular weight excluding hydrogens is 696 g/mol. The number of benzene rings is 2. The van der Waals surface area contributed by atoms with E-state index in [0.717, 1.165) is 0 Å². The second-order valence-electron chi connectivity index (χ2n) is 12.9. The van der Waals surface area contributed by atoms with Gasteiger partial charge in [0.15, 0.2) is 23.0 Å². The molecule has 0 radical (unpaired) electrons. The molecule has 4 saturated heterocycles. The number of rotatable bonds is 12. The van der Waals surface area contributed by atoms with E-state index in [1.807, 2.05) is 0 Å². The lowest BCUT2D eigenvalue weighted by atomic mass is 9.84. The molecule has 0 saturated carbocycles. The number of fused-ring (bicyclic) bond motifs is 1. The van der Waals surface area contributed by atoms with Crippen LogP contribution in [0.1, 0.15) is 23.3 Å². The minimum atomic E-state index is -1.67. The van der Waals surface area contributed by atoms with E-state index in [1.54, 1.807) is 24.3 Å². The zero-order valence-electron chi connectivity index (χ0n) is 28.9. The van der Waals surface area contributed by atoms with Crippen LogP contribution in [-0.2, 0) is 18.9 Å². The molecule has 290 valence electrons. The van der Waals surface area contributed by atoms with Gasteiger partial charge in [-0.15, -0.1) is 0 Å². The van der Waals surface area contributed by atoms with Gasteiger partial charge < -0.3 is 88.2 Å². The van der Waals surface area contributed by atoms with Gasteiger partial charge >= 0.3 is 0 Å². The molecule has 4 heterocycles. The van der Waals surface area contributed by atoms with Gasteiger partial charge in [0, 0.05) is 17.4 Å². The fourth-order valence-electron chi connectivity index (χ4n) is 7.22. The predicted molar refractivity (Wildman–Crippen MR) is 172 cm³/mol. The van der Waals surface area contributed by atoms with Gasteiger partial charge in [-0.05, 0) is 29.8 Å². The van der Waals surface area contributed by atoms with Gasteiger partial charge in [-0.1, -0.05) is 0 Å². The summed E-state index contributed by atoms with van der Waals surface area (Å²) < 4.78 is 58.3. The number of aliphatic hydroxyl groups is 8. The molecule has 4 aliphatic rings. The van der Waals surface area contributed by atoms with Gasteiger partial charge in [0.2, 0.25) is 24.1 Å². The summed E-state index contributed by atoms with van der Waals surface area (Å²) in [5.41, 5.74) is 1.25. The zero-order valence-corrected chi connectivity index (χ0v) is 28.9. The van der Waals surface area contributed by atoms with Crippen molar-refractivity contribution in [2.45, 2.75) is 73.6 Å². The molecule has 2 aromatic rings. The van der Waals surface area contributed by atoms with Crippen molar-refractivity contribution in [3.05, 3.63) is 35.4 Å². The Balaban J connectivity index is 1.25. The molecule has 0 aromatic heterocycles. The van der Waals surface area contributed by atoms with E-state index < -0.39 is 86.8 Å². The molecule has 6 rings (SSSR count). The smallest absolute Gasteiger partial charge is 0.229 e. The Morgan fingerprint density at radius 1 is 0.558 bits per heavy atom. The van der Waals surface area contributed by atoms with E-state index in [1.165, 1.54) is 28.4 Å². The van der Waals surface area contributed by atoms with E-state index in [4.69, 9.17) is 47.4 Å². The maximum Gasteiger partial charge on any atom is 0.229 e. The third-order valence-electron chi connectivity index (χ3n) is 10.1. The molecular formula is C34H46O18. The lowest BCUT2D eigenvalue weighted by Gasteiger charge is -2.39. The van der Waals surface area contributed by atoms with Crippen molar-refractivity contribution in [3.8, 4) is 34.5 Å². The van der Waals surface area contributed by atoms with Crippen molar-refractivity contribution >= 4 is 0 Å². The van der Waals surface area contributed by atoms with Crippen LogP contribution in [0.15, 0.2) is 24.3 Å². The number of hydrogen-bond acceptors (Lipinski definition) is 18. The molecule has 4 fully saturated rings. The molecule has 0 aliphatic carbocycles. The Bertz CT molecular complexity index is 1500. The third-order valence-corrected chi connectivity index (χ3v) is 10.1. The van der Waals surface area contributed by atoms with E-state index >= 15 is 0 Å². The molecule has 14 atom stereocenters. The van der Waals surface area contributed by atoms with Crippen molar-refractivity contribution in [1.29, 1.82) is 0 Å². The summed E-state index contributed by atoms with van der Waals surface area (Å²) in [6.45, 7) is -0.694. The van der Waals surface area contributed by atoms with E-state index in [-0.39, 0.29) is 59.5 Å². The molecule has 4 aliphatic heterocycles. The minimum Gasteiger partial charge on any atom is -0.493 e. The maximum atomic E-state index is 10.6. The number of aliphatic hydroxyl groups excluding tert-OH is 8. The number of hydrogen-bond donors (Lipinski definition) is 8. The Morgan fingerprint density at radius 2 is 1.04 bits per heavy atom. The summed E-state index contributed by atoms with van der Waals surface area (Å²) in [5.74, 6) is 0.553. The molecule has 18 heteroatoms. The van der Waals surface area contributed by atoms with Crippen LogP contribution in [0.4, 0.5) is 0 Å². The molecule has 2 aromatic carbocycles. The van der Waals surface area contributed by atoms with Crippen LogP contribution >= 0.6 is 0 Å². The summed E-state index contributed by atoms with van der Waals surface area (Å²) in [5, 5.41) is 81.4. The van der Waals surface area contributed by atoms with Crippen molar-refractivity contribution in [3.63, 3.8) is 0 Å². The summed E-state index contributed by atoms with van der Waals surface area (Å²) in [7, 11) is 5.65. The average Bonchev–Trinajstić information content (AvgIpc) is 3.77. The molecule has 0 spiro atoms. The topological polar surface area (TPSA) is 254 Å². The molecule has 0 bridgehead atoms. The van der Waals surface area contributed by atoms with E-state index in [0.29, 0.717) is 11.1 Å². The van der Waals surface area contributed by atoms with Crippen LogP contribution in [0.5, 0.6) is 34.5 Å². The summed E-state index contributed by atoms with van der Waals surface area (Å²) in [6, 6.07) is 6.76. The Kier molecular flexibility index (Phi) is 11.8. The first kappa shape index (κ1) is 38.5. The van der Waals surface area contributed by atoms with Crippen molar-refractivity contribution in [1.82, 2.24) is 0 Å². The van der Waals surface area contributed by atoms with Crippen LogP contribution < -0.4 is 28.4 Å². The molecule has 18 nitrogen and oxygen atoms in total. The second kappa shape index (κ2) is 16.0. The van der Waals surface area contributed by atoms with E-state index in [9.17, 15) is 40.9 Å². The molecule has 0 unspecified atom stereocenters. The van der Waals surface area contributed by atoms with Gasteiger partial charge in [-0.3, -0.25) is 0 Å². The van der Waals surface area contributed by atoms with Crippen molar-refractivity contribution < 1.29 is 88.2 Å². The predicted octanol–water partition coefficient (Wildman–Crippen LogP) is -1.85. The normalized spacial score (nSPS) is 37.3. The van der Waals surface area contributed by atoms with Crippen LogP contribution in [0.2, 0.25) is 0 Å². The Hall–Kier alpha value is -3.24. The molecule has 8 N–H and O–H groups in total. The highest BCUT2D eigenvalue weighted by Gasteiger charge is 2.51. The summed E-state index contributed by atoms with van der Waals surface area (Å²) >= 11 is 0. The summed E-state index contributed by atoms with van der Waals surface area (Å²) in [4.78, 5) is 0. The number of methoxy groups -OCH3 is 4. The minimum absolute atomic E-state index is 0.0406. The maximum absolute atomic E-state index is 10.6. The first-order valence-electron chi connectivity index (χ1n) is 16.7. The highest BCUT2D eigenvalue weighted by Crippen LogP contribution is 2.55. The van der Waals surface area contributed by atoms with Gasteiger partial charge in [0.1, 0.15) is 48.8 Å². The molecule has 52 heavy (non-hydrogen) atoms. The summed E-state index contributed by atoms with van der Waals surface area (Å²) in [6.07, 6.45) is -16.2. The first-order chi connectivity index (χ1) is 25.0. The highest BCUT2D eigenvalue weighted by molar-refractivity contribution is 5.57. The zero-order chi connectivity index (χ0) is 37.4. The average molecular weight is 743 g/mol. The van der Waals surface area contributed by atoms with Gasteiger partial charge in [-0.2, -0.15) is 0 Å². The van der Waals surface area contributed by atoms with Crippen molar-refractivity contribution in [2.24, 2.45) is 11.8 Å². The standard InChI is InChI=1S/C34H46O18/c1-43-17-6-5-14(30(46-4)32(17)52-34-27(42)25(40)23(38)21(10-36)50-34)29-16-12-47-28(15(16)11-48-29)13-7-18(44-2)31(19(8-13)45-3)51-33-26(41)24(39)22(37)20(9-35)49-33/h5-8,15-16,20-29,33-42H,9-12H2,1-4H3/t15-,16-,20+,21+,22+,23+,24-,25-,26+,27+,28+,29+,33-,34-/m0/s1. The van der Waals surface area contributed by atoms with Gasteiger partial charge in [-0.25, -0.2) is 0 Å². The lowest BCUT2D eigenvalue weighted by Crippen LogP contribution is -2.60. The monoisotopic (exact) mass is 742 g/mol. The highest BCUT2D eigenvalue weighted by atomic mass is 16.7. The van der Waals surface area contributed by atoms with Crippen LogP contribution in [-0.4, -0.2) is 157 Å². The second-order valence-corrected chi connectivity index (χ2v) is 12.9. The fraction of sp³-hybridized carbons (Fsp3) is 0.647. The van der Waals surface area contributed by atoms with Gasteiger partial charge in [0.05, 0.1) is 67.1 Å². The quantitative estimate of drug-likeness (QED) is 0.119. The van der Waals surface area contributed by atoms with Crippen LogP contribution in [0.25, 0.3) is 0 Å². The molecule has 0 amide bonds. The van der Waals surface area contributed by atoms with Crippen LogP contribution in [0.3, 0.4) is 0 Å². The first-order valence-corrected chi connectivity index (χ1v) is 16.7. The number of ether oxygens (including phenoxy) is 10. The largest absolute Gasteiger partial charge is 0.493 e. The lowest BCUT2D eigenvalue weighted by molar-refractivity contribution is -0.277. The van der Waals surface area contributed by atoms with Crippen LogP contribution in [0, 0.1) is 11.8 Å². The van der Waals surface area contributed by atoms with Gasteiger partial charge in [0.25, 0.3) is 0 Å². The van der Waals surface area contributed by atoms with E-state index in [2.05, 4.69) is 0 Å². The third kappa shape index (κ3) is 6.83. The fourth-order valence-corrected chi connectivity index (χ4v) is 7.22. The van der Waals surface area contributed by atoms with Crippen molar-refractivity contribution in [2.75, 3.05) is 54.9 Å².